The van der Waals surface area contributed by atoms with Crippen LogP contribution in [0.4, 0.5) is 0 Å². The SMILES string of the molecule is O=C(O)[C@H](Cc1cnc[nH]1)N(Cc1ccccc1)C(=O)c1ncc[nH]1. The Hall–Kier alpha value is -3.42. The molecule has 0 bridgehead atoms. The number of carbonyl (C=O) groups is 2. The van der Waals surface area contributed by atoms with E-state index < -0.39 is 17.9 Å². The number of carbonyl (C=O) groups excluding carboxylic acids is 1. The number of nitrogens with zero attached hydrogens (tertiary/aromatic N) is 3. The maximum Gasteiger partial charge on any atom is 0.326 e. The molecule has 3 rings (SSSR count). The highest BCUT2D eigenvalue weighted by Crippen LogP contribution is 2.15. The van der Waals surface area contributed by atoms with Crippen molar-refractivity contribution in [2.45, 2.75) is 19.0 Å². The molecule has 2 heterocycles. The second-order valence-corrected chi connectivity index (χ2v) is 5.49. The van der Waals surface area contributed by atoms with Crippen molar-refractivity contribution in [3.05, 3.63) is 72.3 Å². The molecule has 0 saturated carbocycles. The summed E-state index contributed by atoms with van der Waals surface area (Å²) in [7, 11) is 0. The Labute approximate surface area is 143 Å². The number of nitrogens with one attached hydrogen (secondary N) is 2. The van der Waals surface area contributed by atoms with Crippen molar-refractivity contribution >= 4 is 11.9 Å². The summed E-state index contributed by atoms with van der Waals surface area (Å²) in [5.74, 6) is -1.46. The highest BCUT2D eigenvalue weighted by molar-refractivity contribution is 5.93. The van der Waals surface area contributed by atoms with Crippen LogP contribution in [0.3, 0.4) is 0 Å². The zero-order chi connectivity index (χ0) is 17.6. The average Bonchev–Trinajstić information content (AvgIpc) is 3.31. The number of benzene rings is 1. The van der Waals surface area contributed by atoms with E-state index >= 15 is 0 Å². The van der Waals surface area contributed by atoms with Gasteiger partial charge in [-0.15, -0.1) is 0 Å². The van der Waals surface area contributed by atoms with Crippen LogP contribution in [0.15, 0.2) is 55.2 Å². The number of amides is 1. The number of hydrogen-bond donors (Lipinski definition) is 3. The van der Waals surface area contributed by atoms with Crippen LogP contribution in [0.5, 0.6) is 0 Å². The number of rotatable bonds is 7. The van der Waals surface area contributed by atoms with Gasteiger partial charge in [-0.25, -0.2) is 14.8 Å². The second kappa shape index (κ2) is 7.43. The molecule has 3 aromatic rings. The molecule has 0 spiro atoms. The maximum absolute atomic E-state index is 12.8. The fraction of sp³-hybridized carbons (Fsp3) is 0.176. The summed E-state index contributed by atoms with van der Waals surface area (Å²) < 4.78 is 0. The van der Waals surface area contributed by atoms with E-state index in [1.54, 1.807) is 6.20 Å². The summed E-state index contributed by atoms with van der Waals surface area (Å²) in [4.78, 5) is 39.5. The lowest BCUT2D eigenvalue weighted by Gasteiger charge is -2.28. The summed E-state index contributed by atoms with van der Waals surface area (Å²) >= 11 is 0. The van der Waals surface area contributed by atoms with Crippen LogP contribution < -0.4 is 0 Å². The van der Waals surface area contributed by atoms with Crippen molar-refractivity contribution in [1.29, 1.82) is 0 Å². The quantitative estimate of drug-likeness (QED) is 0.603. The van der Waals surface area contributed by atoms with Gasteiger partial charge in [0, 0.05) is 37.3 Å². The van der Waals surface area contributed by atoms with Crippen LogP contribution in [0.25, 0.3) is 0 Å². The molecule has 0 unspecified atom stereocenters. The Morgan fingerprint density at radius 3 is 2.60 bits per heavy atom. The average molecular weight is 339 g/mol. The molecule has 128 valence electrons. The van der Waals surface area contributed by atoms with Crippen molar-refractivity contribution < 1.29 is 14.7 Å². The van der Waals surface area contributed by atoms with Crippen LogP contribution in [-0.2, 0) is 17.8 Å². The summed E-state index contributed by atoms with van der Waals surface area (Å²) in [6, 6.07) is 8.18. The van der Waals surface area contributed by atoms with Gasteiger partial charge in [0.15, 0.2) is 5.82 Å². The molecule has 1 atom stereocenters. The summed E-state index contributed by atoms with van der Waals surface area (Å²) in [6.07, 6.45) is 6.13. The lowest BCUT2D eigenvalue weighted by molar-refractivity contribution is -0.142. The van der Waals surface area contributed by atoms with Gasteiger partial charge in [-0.2, -0.15) is 0 Å². The number of hydrogen-bond acceptors (Lipinski definition) is 4. The molecule has 0 aliphatic carbocycles. The molecule has 0 radical (unpaired) electrons. The molecule has 0 saturated heterocycles. The molecular weight excluding hydrogens is 322 g/mol. The first-order chi connectivity index (χ1) is 12.1. The van der Waals surface area contributed by atoms with Gasteiger partial charge in [0.25, 0.3) is 5.91 Å². The largest absolute Gasteiger partial charge is 0.480 e. The van der Waals surface area contributed by atoms with Gasteiger partial charge in [0.05, 0.1) is 6.33 Å². The third-order valence-corrected chi connectivity index (χ3v) is 3.79. The first-order valence-electron chi connectivity index (χ1n) is 7.69. The van der Waals surface area contributed by atoms with Crippen LogP contribution in [0, 0.1) is 0 Å². The van der Waals surface area contributed by atoms with Crippen molar-refractivity contribution in [1.82, 2.24) is 24.8 Å². The fourth-order valence-electron chi connectivity index (χ4n) is 2.56. The van der Waals surface area contributed by atoms with Gasteiger partial charge >= 0.3 is 5.97 Å². The van der Waals surface area contributed by atoms with Gasteiger partial charge in [-0.05, 0) is 5.56 Å². The van der Waals surface area contributed by atoms with E-state index in [1.165, 1.54) is 23.6 Å². The molecule has 0 aliphatic heterocycles. The number of H-pyrrole nitrogens is 2. The summed E-state index contributed by atoms with van der Waals surface area (Å²) in [5, 5.41) is 9.71. The molecule has 1 amide bonds. The number of carboxylic acids is 1. The fourth-order valence-corrected chi connectivity index (χ4v) is 2.56. The smallest absolute Gasteiger partial charge is 0.326 e. The van der Waals surface area contributed by atoms with Gasteiger partial charge < -0.3 is 20.0 Å². The highest BCUT2D eigenvalue weighted by atomic mass is 16.4. The third-order valence-electron chi connectivity index (χ3n) is 3.79. The standard InChI is InChI=1S/C17H17N5O3/c23-16(15-19-6-7-20-15)22(10-12-4-2-1-3-5-12)14(17(24)25)8-13-9-18-11-21-13/h1-7,9,11,14H,8,10H2,(H,18,21)(H,19,20)(H,24,25)/t14-/m0/s1. The van der Waals surface area contributed by atoms with Crippen LogP contribution in [-0.4, -0.2) is 47.9 Å². The summed E-state index contributed by atoms with van der Waals surface area (Å²) in [5.41, 5.74) is 1.47. The monoisotopic (exact) mass is 339 g/mol. The number of aromatic amines is 2. The minimum absolute atomic E-state index is 0.104. The van der Waals surface area contributed by atoms with Crippen LogP contribution in [0.1, 0.15) is 21.9 Å². The first kappa shape index (κ1) is 16.4. The minimum Gasteiger partial charge on any atom is -0.480 e. The van der Waals surface area contributed by atoms with Crippen LogP contribution >= 0.6 is 0 Å². The van der Waals surface area contributed by atoms with Crippen molar-refractivity contribution in [3.63, 3.8) is 0 Å². The van der Waals surface area contributed by atoms with E-state index in [2.05, 4.69) is 19.9 Å². The van der Waals surface area contributed by atoms with E-state index in [-0.39, 0.29) is 18.8 Å². The number of aliphatic carboxylic acids is 1. The third kappa shape index (κ3) is 3.92. The van der Waals surface area contributed by atoms with Crippen molar-refractivity contribution in [2.75, 3.05) is 0 Å². The Kier molecular flexibility index (Phi) is 4.89. The molecule has 1 aromatic carbocycles. The first-order valence-corrected chi connectivity index (χ1v) is 7.69. The maximum atomic E-state index is 12.8. The predicted octanol–water partition coefficient (Wildman–Crippen LogP) is 1.47. The van der Waals surface area contributed by atoms with E-state index in [0.717, 1.165) is 5.56 Å². The van der Waals surface area contributed by atoms with E-state index in [1.807, 2.05) is 30.3 Å². The number of carboxylic acid groups (broad SMARTS) is 1. The highest BCUT2D eigenvalue weighted by Gasteiger charge is 2.32. The Bertz CT molecular complexity index is 815. The Morgan fingerprint density at radius 2 is 2.00 bits per heavy atom. The van der Waals surface area contributed by atoms with Gasteiger partial charge in [0.1, 0.15) is 6.04 Å². The molecule has 8 nitrogen and oxygen atoms in total. The Balaban J connectivity index is 1.92. The Morgan fingerprint density at radius 1 is 1.20 bits per heavy atom. The zero-order valence-corrected chi connectivity index (χ0v) is 13.3. The normalized spacial score (nSPS) is 11.8. The zero-order valence-electron chi connectivity index (χ0n) is 13.3. The summed E-state index contributed by atoms with van der Waals surface area (Å²) in [6.45, 7) is 0.158. The minimum atomic E-state index is -1.09. The molecule has 2 aromatic heterocycles. The van der Waals surface area contributed by atoms with Gasteiger partial charge in [-0.3, -0.25) is 4.79 Å². The predicted molar refractivity (Wildman–Crippen MR) is 88.6 cm³/mol. The lowest BCUT2D eigenvalue weighted by Crippen LogP contribution is -2.46. The lowest BCUT2D eigenvalue weighted by atomic mass is 10.1. The molecule has 3 N–H and O–H groups in total. The molecule has 25 heavy (non-hydrogen) atoms. The molecular formula is C17H17N5O3. The molecule has 0 fully saturated rings. The van der Waals surface area contributed by atoms with Crippen LogP contribution in [0.2, 0.25) is 0 Å². The number of imidazole rings is 2. The second-order valence-electron chi connectivity index (χ2n) is 5.49. The molecule has 8 heteroatoms. The van der Waals surface area contributed by atoms with E-state index in [4.69, 9.17) is 0 Å². The van der Waals surface area contributed by atoms with Gasteiger partial charge in [-0.1, -0.05) is 30.3 Å². The van der Waals surface area contributed by atoms with E-state index in [0.29, 0.717) is 5.69 Å². The topological polar surface area (TPSA) is 115 Å². The van der Waals surface area contributed by atoms with Crippen molar-refractivity contribution in [2.24, 2.45) is 0 Å². The van der Waals surface area contributed by atoms with Crippen molar-refractivity contribution in [3.8, 4) is 0 Å². The van der Waals surface area contributed by atoms with Gasteiger partial charge in [0.2, 0.25) is 0 Å². The molecule has 0 aliphatic rings. The van der Waals surface area contributed by atoms with E-state index in [9.17, 15) is 14.7 Å². The number of aromatic nitrogens is 4.